The lowest BCUT2D eigenvalue weighted by atomic mass is 9.89. The van der Waals surface area contributed by atoms with E-state index in [9.17, 15) is 9.90 Å². The van der Waals surface area contributed by atoms with Crippen molar-refractivity contribution in [1.82, 2.24) is 4.90 Å². The van der Waals surface area contributed by atoms with Gasteiger partial charge in [-0.25, -0.2) is 0 Å². The number of halogens is 1. The molecule has 1 aromatic carbocycles. The van der Waals surface area contributed by atoms with E-state index >= 15 is 0 Å². The number of aliphatic hydroxyl groups excluding tert-OH is 1. The average molecular weight is 324 g/mol. The Labute approximate surface area is 136 Å². The zero-order valence-corrected chi connectivity index (χ0v) is 13.6. The molecule has 2 aliphatic heterocycles. The molecule has 0 saturated carbocycles. The van der Waals surface area contributed by atoms with Crippen molar-refractivity contribution in [2.24, 2.45) is 5.92 Å². The SMILES string of the molecule is Cc1ccc(Cl)cc1C(=O)N1CCC[C@@H]1[C@H]1COCC[C@@H]1O. The standard InChI is InChI=1S/C17H22ClNO3/c1-11-4-5-12(18)9-13(11)17(21)19-7-2-3-15(19)14-10-22-8-6-16(14)20/h4-5,9,14-16,20H,2-3,6-8,10H2,1H3/t14-,15-,16+/m1/s1. The first-order chi connectivity index (χ1) is 10.6. The van der Waals surface area contributed by atoms with Gasteiger partial charge in [0.1, 0.15) is 0 Å². The maximum Gasteiger partial charge on any atom is 0.254 e. The molecule has 3 rings (SSSR count). The number of carbonyl (C=O) groups is 1. The van der Waals surface area contributed by atoms with Crippen LogP contribution >= 0.6 is 11.6 Å². The topological polar surface area (TPSA) is 49.8 Å². The van der Waals surface area contributed by atoms with Gasteiger partial charge in [0.25, 0.3) is 5.91 Å². The Morgan fingerprint density at radius 3 is 3.00 bits per heavy atom. The van der Waals surface area contributed by atoms with Crippen LogP contribution in [-0.4, -0.2) is 47.8 Å². The van der Waals surface area contributed by atoms with Crippen molar-refractivity contribution >= 4 is 17.5 Å². The summed E-state index contributed by atoms with van der Waals surface area (Å²) in [7, 11) is 0. The van der Waals surface area contributed by atoms with Crippen LogP contribution < -0.4 is 0 Å². The van der Waals surface area contributed by atoms with E-state index in [1.54, 1.807) is 12.1 Å². The van der Waals surface area contributed by atoms with Crippen molar-refractivity contribution in [1.29, 1.82) is 0 Å². The Morgan fingerprint density at radius 1 is 1.41 bits per heavy atom. The van der Waals surface area contributed by atoms with Gasteiger partial charge in [-0.05, 0) is 43.9 Å². The number of likely N-dealkylation sites (tertiary alicyclic amines) is 1. The fraction of sp³-hybridized carbons (Fsp3) is 0.588. The fourth-order valence-electron chi connectivity index (χ4n) is 3.59. The van der Waals surface area contributed by atoms with Crippen LogP contribution in [0.1, 0.15) is 35.2 Å². The molecular weight excluding hydrogens is 302 g/mol. The predicted octanol–water partition coefficient (Wildman–Crippen LogP) is 2.65. The molecular formula is C17H22ClNO3. The monoisotopic (exact) mass is 323 g/mol. The van der Waals surface area contributed by atoms with Crippen LogP contribution in [-0.2, 0) is 4.74 Å². The maximum atomic E-state index is 12.9. The minimum atomic E-state index is -0.382. The van der Waals surface area contributed by atoms with Crippen LogP contribution in [0.4, 0.5) is 0 Å². The summed E-state index contributed by atoms with van der Waals surface area (Å²) in [4.78, 5) is 14.8. The molecule has 1 amide bonds. The smallest absolute Gasteiger partial charge is 0.254 e. The van der Waals surface area contributed by atoms with Crippen LogP contribution in [0.2, 0.25) is 5.02 Å². The van der Waals surface area contributed by atoms with Gasteiger partial charge in [0.05, 0.1) is 12.7 Å². The number of ether oxygens (including phenoxy) is 1. The number of benzene rings is 1. The number of nitrogens with zero attached hydrogens (tertiary/aromatic N) is 1. The quantitative estimate of drug-likeness (QED) is 0.910. The third-order valence-corrected chi connectivity index (χ3v) is 5.08. The molecule has 0 aromatic heterocycles. The highest BCUT2D eigenvalue weighted by Gasteiger charge is 2.40. The minimum absolute atomic E-state index is 0.0136. The zero-order chi connectivity index (χ0) is 15.7. The summed E-state index contributed by atoms with van der Waals surface area (Å²) >= 11 is 6.05. The van der Waals surface area contributed by atoms with E-state index in [0.717, 1.165) is 24.9 Å². The summed E-state index contributed by atoms with van der Waals surface area (Å²) < 4.78 is 5.52. The average Bonchev–Trinajstić information content (AvgIpc) is 2.99. The van der Waals surface area contributed by atoms with E-state index < -0.39 is 0 Å². The van der Waals surface area contributed by atoms with E-state index in [-0.39, 0.29) is 24.0 Å². The van der Waals surface area contributed by atoms with Crippen molar-refractivity contribution < 1.29 is 14.6 Å². The van der Waals surface area contributed by atoms with Crippen LogP contribution in [0.3, 0.4) is 0 Å². The number of carbonyl (C=O) groups excluding carboxylic acids is 1. The lowest BCUT2D eigenvalue weighted by molar-refractivity contribution is -0.0589. The van der Waals surface area contributed by atoms with Crippen LogP contribution in [0.25, 0.3) is 0 Å². The van der Waals surface area contributed by atoms with Gasteiger partial charge in [-0.2, -0.15) is 0 Å². The molecule has 2 heterocycles. The molecule has 4 nitrogen and oxygen atoms in total. The molecule has 2 fully saturated rings. The van der Waals surface area contributed by atoms with Gasteiger partial charge in [0.15, 0.2) is 0 Å². The first-order valence-corrected chi connectivity index (χ1v) is 8.28. The normalized spacial score (nSPS) is 28.9. The molecule has 2 aliphatic rings. The highest BCUT2D eigenvalue weighted by Crippen LogP contribution is 2.31. The summed E-state index contributed by atoms with van der Waals surface area (Å²) in [5, 5.41) is 10.8. The Kier molecular flexibility index (Phi) is 4.71. The lowest BCUT2D eigenvalue weighted by Crippen LogP contribution is -2.48. The van der Waals surface area contributed by atoms with Crippen LogP contribution in [0, 0.1) is 12.8 Å². The van der Waals surface area contributed by atoms with Crippen molar-refractivity contribution in [3.05, 3.63) is 34.3 Å². The molecule has 0 spiro atoms. The second-order valence-corrected chi connectivity index (χ2v) is 6.70. The summed E-state index contributed by atoms with van der Waals surface area (Å²) in [6.07, 6.45) is 2.17. The fourth-order valence-corrected chi connectivity index (χ4v) is 3.76. The highest BCUT2D eigenvalue weighted by molar-refractivity contribution is 6.31. The Hall–Kier alpha value is -1.10. The van der Waals surface area contributed by atoms with Gasteiger partial charge in [-0.3, -0.25) is 4.79 Å². The molecule has 0 radical (unpaired) electrons. The van der Waals surface area contributed by atoms with Gasteiger partial charge in [0.2, 0.25) is 0 Å². The molecule has 3 atom stereocenters. The molecule has 5 heteroatoms. The van der Waals surface area contributed by atoms with Gasteiger partial charge in [-0.15, -0.1) is 0 Å². The number of aliphatic hydroxyl groups is 1. The van der Waals surface area contributed by atoms with E-state index in [2.05, 4.69) is 0 Å². The number of hydrogen-bond acceptors (Lipinski definition) is 3. The first-order valence-electron chi connectivity index (χ1n) is 7.91. The Balaban J connectivity index is 1.83. The van der Waals surface area contributed by atoms with Crippen molar-refractivity contribution in [2.75, 3.05) is 19.8 Å². The molecule has 1 aromatic rings. The highest BCUT2D eigenvalue weighted by atomic mass is 35.5. The Morgan fingerprint density at radius 2 is 2.23 bits per heavy atom. The van der Waals surface area contributed by atoms with Crippen molar-refractivity contribution in [2.45, 2.75) is 38.3 Å². The molecule has 1 N–H and O–H groups in total. The molecule has 0 unspecified atom stereocenters. The third-order valence-electron chi connectivity index (χ3n) is 4.85. The summed E-state index contributed by atoms with van der Waals surface area (Å²) in [5.41, 5.74) is 1.59. The first kappa shape index (κ1) is 15.8. The maximum absolute atomic E-state index is 12.9. The Bertz CT molecular complexity index is 563. The second-order valence-electron chi connectivity index (χ2n) is 6.26. The summed E-state index contributed by atoms with van der Waals surface area (Å²) in [6, 6.07) is 5.47. The van der Waals surface area contributed by atoms with E-state index in [4.69, 9.17) is 16.3 Å². The zero-order valence-electron chi connectivity index (χ0n) is 12.8. The van der Waals surface area contributed by atoms with Crippen molar-refractivity contribution in [3.8, 4) is 0 Å². The lowest BCUT2D eigenvalue weighted by Gasteiger charge is -2.37. The number of amides is 1. The van der Waals surface area contributed by atoms with Gasteiger partial charge >= 0.3 is 0 Å². The third kappa shape index (κ3) is 3.00. The number of hydrogen-bond donors (Lipinski definition) is 1. The minimum Gasteiger partial charge on any atom is -0.393 e. The largest absolute Gasteiger partial charge is 0.393 e. The molecule has 2 saturated heterocycles. The second kappa shape index (κ2) is 6.57. The summed E-state index contributed by atoms with van der Waals surface area (Å²) in [5.74, 6) is 0.0277. The predicted molar refractivity (Wildman–Crippen MR) is 85.2 cm³/mol. The van der Waals surface area contributed by atoms with Crippen LogP contribution in [0.15, 0.2) is 18.2 Å². The number of aryl methyl sites for hydroxylation is 1. The van der Waals surface area contributed by atoms with E-state index in [1.165, 1.54) is 0 Å². The van der Waals surface area contributed by atoms with E-state index in [0.29, 0.717) is 30.2 Å². The molecule has 0 aliphatic carbocycles. The molecule has 0 bridgehead atoms. The van der Waals surface area contributed by atoms with Gasteiger partial charge in [0, 0.05) is 35.7 Å². The van der Waals surface area contributed by atoms with Crippen molar-refractivity contribution in [3.63, 3.8) is 0 Å². The summed E-state index contributed by atoms with van der Waals surface area (Å²) in [6.45, 7) is 3.79. The molecule has 22 heavy (non-hydrogen) atoms. The van der Waals surface area contributed by atoms with Crippen LogP contribution in [0.5, 0.6) is 0 Å². The number of rotatable bonds is 2. The molecule has 120 valence electrons. The van der Waals surface area contributed by atoms with Gasteiger partial charge < -0.3 is 14.7 Å². The van der Waals surface area contributed by atoms with E-state index in [1.807, 2.05) is 17.9 Å². The van der Waals surface area contributed by atoms with Gasteiger partial charge in [-0.1, -0.05) is 17.7 Å².